The molecule has 1 saturated heterocycles. The lowest BCUT2D eigenvalue weighted by Crippen LogP contribution is -2.41. The number of aromatic nitrogens is 2. The highest BCUT2D eigenvalue weighted by Gasteiger charge is 2.51. The van der Waals surface area contributed by atoms with E-state index in [0.717, 1.165) is 43.1 Å². The van der Waals surface area contributed by atoms with Gasteiger partial charge in [0.25, 0.3) is 0 Å². The number of hydrogen-bond donors (Lipinski definition) is 1. The summed E-state index contributed by atoms with van der Waals surface area (Å²) in [6.07, 6.45) is 5.97. The quantitative estimate of drug-likeness (QED) is 0.841. The molecule has 2 aliphatic rings. The van der Waals surface area contributed by atoms with Crippen LogP contribution in [0.5, 0.6) is 0 Å². The summed E-state index contributed by atoms with van der Waals surface area (Å²) in [5, 5.41) is 10.6. The van der Waals surface area contributed by atoms with Crippen molar-refractivity contribution in [1.82, 2.24) is 14.5 Å². The number of β-amino-alcohol motifs (C(OH)–C–C–N with tert-alkyl or cyclic N) is 1. The topological polar surface area (TPSA) is 75.4 Å². The molecule has 1 N–H and O–H groups in total. The van der Waals surface area contributed by atoms with E-state index in [0.29, 0.717) is 13.0 Å². The second-order valence-corrected chi connectivity index (χ2v) is 8.30. The number of rotatable bonds is 4. The number of carbonyl (C=O) groups excluding carboxylic acids is 2. The first-order valence-corrected chi connectivity index (χ1v) is 9.85. The molecule has 1 aliphatic heterocycles. The van der Waals surface area contributed by atoms with Crippen molar-refractivity contribution in [1.29, 1.82) is 0 Å². The number of aliphatic hydroxyl groups excluding tert-OH is 1. The monoisotopic (exact) mass is 369 g/mol. The van der Waals surface area contributed by atoms with E-state index >= 15 is 0 Å². The number of amides is 2. The molecular formula is C21H27N3O3. The number of nitrogens with zero attached hydrogens (tertiary/aromatic N) is 3. The van der Waals surface area contributed by atoms with E-state index in [2.05, 4.69) is 11.1 Å². The van der Waals surface area contributed by atoms with Gasteiger partial charge in [-0.25, -0.2) is 4.98 Å². The van der Waals surface area contributed by atoms with Gasteiger partial charge in [-0.2, -0.15) is 0 Å². The van der Waals surface area contributed by atoms with Crippen LogP contribution in [0.2, 0.25) is 0 Å². The van der Waals surface area contributed by atoms with E-state index in [1.165, 1.54) is 16.0 Å². The van der Waals surface area contributed by atoms with Crippen LogP contribution in [0.25, 0.3) is 11.0 Å². The third-order valence-corrected chi connectivity index (χ3v) is 6.34. The molecule has 0 radical (unpaired) electrons. The lowest BCUT2D eigenvalue weighted by atomic mass is 9.73. The molecule has 2 aromatic rings. The van der Waals surface area contributed by atoms with Gasteiger partial charge >= 0.3 is 0 Å². The molecule has 1 saturated carbocycles. The van der Waals surface area contributed by atoms with E-state index < -0.39 is 11.5 Å². The Morgan fingerprint density at radius 3 is 2.56 bits per heavy atom. The zero-order valence-corrected chi connectivity index (χ0v) is 16.1. The molecule has 2 heterocycles. The third-order valence-electron chi connectivity index (χ3n) is 6.34. The van der Waals surface area contributed by atoms with Crippen LogP contribution < -0.4 is 0 Å². The summed E-state index contributed by atoms with van der Waals surface area (Å²) >= 11 is 0. The second kappa shape index (κ2) is 6.75. The van der Waals surface area contributed by atoms with Gasteiger partial charge in [-0.15, -0.1) is 0 Å². The lowest BCUT2D eigenvalue weighted by molar-refractivity contribution is -0.143. The minimum atomic E-state index is -0.810. The van der Waals surface area contributed by atoms with E-state index in [1.807, 2.05) is 24.5 Å². The summed E-state index contributed by atoms with van der Waals surface area (Å²) < 4.78 is 1.90. The van der Waals surface area contributed by atoms with Gasteiger partial charge in [0, 0.05) is 6.42 Å². The molecule has 6 nitrogen and oxygen atoms in total. The maximum atomic E-state index is 12.9. The molecular weight excluding hydrogens is 342 g/mol. The highest BCUT2D eigenvalue weighted by atomic mass is 16.3. The van der Waals surface area contributed by atoms with Gasteiger partial charge in [-0.1, -0.05) is 19.3 Å². The molecule has 1 aliphatic carbocycles. The summed E-state index contributed by atoms with van der Waals surface area (Å²) in [5.41, 5.74) is 3.70. The van der Waals surface area contributed by atoms with Crippen molar-refractivity contribution in [2.75, 3.05) is 6.54 Å². The molecule has 2 fully saturated rings. The molecule has 1 unspecified atom stereocenters. The summed E-state index contributed by atoms with van der Waals surface area (Å²) in [6, 6.07) is 4.10. The van der Waals surface area contributed by atoms with E-state index in [-0.39, 0.29) is 18.4 Å². The number of aliphatic hydroxyl groups is 1. The third kappa shape index (κ3) is 3.16. The number of fused-ring (bicyclic) bond motifs is 1. The predicted octanol–water partition coefficient (Wildman–Crippen LogP) is 2.72. The average Bonchev–Trinajstić information content (AvgIpc) is 3.10. The first kappa shape index (κ1) is 18.2. The minimum absolute atomic E-state index is 0.0595. The van der Waals surface area contributed by atoms with Crippen LogP contribution in [0.4, 0.5) is 0 Å². The Labute approximate surface area is 159 Å². The molecule has 1 spiro atoms. The van der Waals surface area contributed by atoms with Crippen LogP contribution in [0.15, 0.2) is 18.5 Å². The standard InChI is InChI=1S/C21H27N3O3/c1-14-8-17-18(9-15(14)2)23(13-22-17)11-16(25)12-24-19(26)10-21(20(24)27)6-4-3-5-7-21/h8-9,13,16,25H,3-7,10-12H2,1-2H3. The van der Waals surface area contributed by atoms with Gasteiger partial charge in [-0.05, 0) is 49.9 Å². The molecule has 0 bridgehead atoms. The first-order chi connectivity index (χ1) is 12.9. The van der Waals surface area contributed by atoms with Crippen molar-refractivity contribution in [3.8, 4) is 0 Å². The van der Waals surface area contributed by atoms with Gasteiger partial charge in [0.05, 0.1) is 42.0 Å². The number of benzene rings is 1. The van der Waals surface area contributed by atoms with Gasteiger partial charge in [0.2, 0.25) is 11.8 Å². The molecule has 2 amide bonds. The van der Waals surface area contributed by atoms with Crippen molar-refractivity contribution < 1.29 is 14.7 Å². The molecule has 4 rings (SSSR count). The molecule has 1 aromatic carbocycles. The van der Waals surface area contributed by atoms with E-state index in [4.69, 9.17) is 0 Å². The zero-order valence-electron chi connectivity index (χ0n) is 16.1. The van der Waals surface area contributed by atoms with Crippen molar-refractivity contribution in [3.63, 3.8) is 0 Å². The SMILES string of the molecule is Cc1cc2ncn(CC(O)CN3C(=O)CC4(CCCCC4)C3=O)c2cc1C. The van der Waals surface area contributed by atoms with E-state index in [9.17, 15) is 14.7 Å². The zero-order chi connectivity index (χ0) is 19.2. The summed E-state index contributed by atoms with van der Waals surface area (Å²) in [5.74, 6) is -0.212. The summed E-state index contributed by atoms with van der Waals surface area (Å²) in [6.45, 7) is 4.47. The van der Waals surface area contributed by atoms with Crippen LogP contribution in [-0.4, -0.2) is 44.0 Å². The molecule has 6 heteroatoms. The maximum absolute atomic E-state index is 12.9. The van der Waals surface area contributed by atoms with Crippen LogP contribution in [0.3, 0.4) is 0 Å². The Hall–Kier alpha value is -2.21. The Morgan fingerprint density at radius 1 is 1.11 bits per heavy atom. The highest BCUT2D eigenvalue weighted by Crippen LogP contribution is 2.45. The van der Waals surface area contributed by atoms with Gasteiger partial charge in [0.15, 0.2) is 0 Å². The molecule has 27 heavy (non-hydrogen) atoms. The van der Waals surface area contributed by atoms with Crippen molar-refractivity contribution >= 4 is 22.8 Å². The van der Waals surface area contributed by atoms with Gasteiger partial charge in [-0.3, -0.25) is 14.5 Å². The van der Waals surface area contributed by atoms with Crippen molar-refractivity contribution in [2.24, 2.45) is 5.41 Å². The molecule has 1 aromatic heterocycles. The minimum Gasteiger partial charge on any atom is -0.389 e. The number of likely N-dealkylation sites (tertiary alicyclic amines) is 1. The van der Waals surface area contributed by atoms with Crippen molar-refractivity contribution in [3.05, 3.63) is 29.6 Å². The summed E-state index contributed by atoms with van der Waals surface area (Å²) in [7, 11) is 0. The molecule has 144 valence electrons. The van der Waals surface area contributed by atoms with Crippen LogP contribution in [0, 0.1) is 19.3 Å². The number of imide groups is 1. The largest absolute Gasteiger partial charge is 0.389 e. The number of aryl methyl sites for hydroxylation is 2. The van der Waals surface area contributed by atoms with E-state index in [1.54, 1.807) is 6.33 Å². The maximum Gasteiger partial charge on any atom is 0.235 e. The fourth-order valence-corrected chi connectivity index (χ4v) is 4.62. The predicted molar refractivity (Wildman–Crippen MR) is 102 cm³/mol. The first-order valence-electron chi connectivity index (χ1n) is 9.85. The molecule has 1 atom stereocenters. The van der Waals surface area contributed by atoms with Gasteiger partial charge in [0.1, 0.15) is 0 Å². The lowest BCUT2D eigenvalue weighted by Gasteiger charge is -2.30. The van der Waals surface area contributed by atoms with Crippen molar-refractivity contribution in [2.45, 2.75) is 65.0 Å². The number of imidazole rings is 1. The highest BCUT2D eigenvalue weighted by molar-refractivity contribution is 6.06. The number of carbonyl (C=O) groups is 2. The van der Waals surface area contributed by atoms with Crippen LogP contribution >= 0.6 is 0 Å². The number of hydrogen-bond acceptors (Lipinski definition) is 4. The fourth-order valence-electron chi connectivity index (χ4n) is 4.62. The Morgan fingerprint density at radius 2 is 1.81 bits per heavy atom. The smallest absolute Gasteiger partial charge is 0.235 e. The summed E-state index contributed by atoms with van der Waals surface area (Å²) in [4.78, 5) is 31.1. The Kier molecular flexibility index (Phi) is 4.54. The fraction of sp³-hybridized carbons (Fsp3) is 0.571. The Balaban J connectivity index is 1.48. The normalized spacial score (nSPS) is 20.8. The second-order valence-electron chi connectivity index (χ2n) is 8.30. The average molecular weight is 369 g/mol. The van der Waals surface area contributed by atoms with Crippen LogP contribution in [-0.2, 0) is 16.1 Å². The van der Waals surface area contributed by atoms with Gasteiger partial charge < -0.3 is 9.67 Å². The van der Waals surface area contributed by atoms with Crippen LogP contribution in [0.1, 0.15) is 49.7 Å². The Bertz CT molecular complexity index is 895.